The SMILES string of the molecule is COC(OC)c1cc(Cl)cc(Oc2cnn(PI)c2)c1. The molecular weight excluding hydrogens is 413 g/mol. The molecule has 1 unspecified atom stereocenters. The first-order valence-corrected chi connectivity index (χ1v) is 10.1. The molecule has 108 valence electrons. The Kier molecular flexibility index (Phi) is 6.04. The Balaban J connectivity index is 2.23. The van der Waals surface area contributed by atoms with Crippen molar-refractivity contribution in [3.63, 3.8) is 0 Å². The largest absolute Gasteiger partial charge is 0.454 e. The van der Waals surface area contributed by atoms with Gasteiger partial charge in [-0.05, 0) is 40.2 Å². The number of hydrogen-bond donors (Lipinski definition) is 0. The molecule has 1 aromatic carbocycles. The van der Waals surface area contributed by atoms with E-state index in [1.54, 1.807) is 37.0 Å². The summed E-state index contributed by atoms with van der Waals surface area (Å²) in [6, 6.07) is 5.34. The van der Waals surface area contributed by atoms with Crippen molar-refractivity contribution in [1.29, 1.82) is 0 Å². The molecular formula is C12H13ClIN2O3P. The zero-order valence-corrected chi connectivity index (χ0v) is 14.8. The number of ether oxygens (including phenoxy) is 3. The Morgan fingerprint density at radius 3 is 2.60 bits per heavy atom. The van der Waals surface area contributed by atoms with Gasteiger partial charge in [-0.3, -0.25) is 0 Å². The highest BCUT2D eigenvalue weighted by atomic mass is 127. The maximum atomic E-state index is 6.09. The number of aromatic nitrogens is 2. The molecule has 8 heteroatoms. The van der Waals surface area contributed by atoms with Crippen molar-refractivity contribution in [3.05, 3.63) is 41.2 Å². The summed E-state index contributed by atoms with van der Waals surface area (Å²) in [5, 5.41) is 4.71. The Labute approximate surface area is 136 Å². The van der Waals surface area contributed by atoms with Crippen LogP contribution in [-0.4, -0.2) is 23.8 Å². The number of hydrogen-bond acceptors (Lipinski definition) is 4. The normalized spacial score (nSPS) is 11.7. The third kappa shape index (κ3) is 4.05. The van der Waals surface area contributed by atoms with Crippen molar-refractivity contribution in [1.82, 2.24) is 9.55 Å². The van der Waals surface area contributed by atoms with Crippen LogP contribution in [0.2, 0.25) is 5.02 Å². The first-order valence-electron chi connectivity index (χ1n) is 5.61. The summed E-state index contributed by atoms with van der Waals surface area (Å²) in [5.74, 6) is 1.27. The lowest BCUT2D eigenvalue weighted by Crippen LogP contribution is -2.03. The molecule has 0 spiro atoms. The van der Waals surface area contributed by atoms with Gasteiger partial charge in [0, 0.05) is 24.8 Å². The predicted molar refractivity (Wildman–Crippen MR) is 88.2 cm³/mol. The van der Waals surface area contributed by atoms with Gasteiger partial charge in [0.05, 0.1) is 18.8 Å². The number of rotatable bonds is 6. The Morgan fingerprint density at radius 2 is 2.00 bits per heavy atom. The van der Waals surface area contributed by atoms with Crippen molar-refractivity contribution in [2.75, 3.05) is 14.2 Å². The van der Waals surface area contributed by atoms with Gasteiger partial charge in [-0.2, -0.15) is 5.10 Å². The molecule has 2 rings (SSSR count). The molecule has 1 heterocycles. The van der Waals surface area contributed by atoms with E-state index in [4.69, 9.17) is 25.8 Å². The summed E-state index contributed by atoms with van der Waals surface area (Å²) in [5.41, 5.74) is 0.792. The molecule has 1 aromatic heterocycles. The second kappa shape index (κ2) is 7.56. The van der Waals surface area contributed by atoms with Gasteiger partial charge in [0.15, 0.2) is 12.0 Å². The summed E-state index contributed by atoms with van der Waals surface area (Å²) < 4.78 is 18.0. The van der Waals surface area contributed by atoms with Crippen LogP contribution in [0.3, 0.4) is 0 Å². The van der Waals surface area contributed by atoms with Crippen molar-refractivity contribution >= 4 is 40.0 Å². The highest BCUT2D eigenvalue weighted by molar-refractivity contribution is 14.2. The van der Waals surface area contributed by atoms with Crippen LogP contribution in [0.5, 0.6) is 11.5 Å². The van der Waals surface area contributed by atoms with Crippen LogP contribution in [0.25, 0.3) is 0 Å². The fourth-order valence-electron chi connectivity index (χ4n) is 1.69. The second-order valence-corrected chi connectivity index (χ2v) is 6.34. The number of benzene rings is 1. The first kappa shape index (κ1) is 16.0. The fourth-order valence-corrected chi connectivity index (χ4v) is 2.99. The third-order valence-corrected chi connectivity index (χ3v) is 4.59. The van der Waals surface area contributed by atoms with E-state index in [-0.39, 0.29) is 0 Å². The molecule has 0 saturated heterocycles. The average molecular weight is 427 g/mol. The summed E-state index contributed by atoms with van der Waals surface area (Å²) in [4.78, 5) is 0. The van der Waals surface area contributed by atoms with Gasteiger partial charge in [0.2, 0.25) is 0 Å². The Morgan fingerprint density at radius 1 is 1.25 bits per heavy atom. The number of nitrogens with zero attached hydrogens (tertiary/aromatic N) is 2. The summed E-state index contributed by atoms with van der Waals surface area (Å²) in [7, 11) is 3.14. The molecule has 0 bridgehead atoms. The molecule has 2 aromatic rings. The molecule has 0 aliphatic heterocycles. The zero-order valence-electron chi connectivity index (χ0n) is 10.8. The third-order valence-electron chi connectivity index (χ3n) is 2.48. The fraction of sp³-hybridized carbons (Fsp3) is 0.250. The van der Waals surface area contributed by atoms with E-state index in [1.165, 1.54) is 0 Å². The van der Waals surface area contributed by atoms with Crippen LogP contribution in [-0.2, 0) is 9.47 Å². The minimum atomic E-state index is -0.477. The van der Waals surface area contributed by atoms with Crippen LogP contribution >= 0.6 is 40.0 Å². The minimum Gasteiger partial charge on any atom is -0.454 e. The molecule has 0 fully saturated rings. The monoisotopic (exact) mass is 426 g/mol. The van der Waals surface area contributed by atoms with E-state index < -0.39 is 6.29 Å². The molecule has 0 amide bonds. The van der Waals surface area contributed by atoms with Gasteiger partial charge in [-0.25, -0.2) is 4.45 Å². The van der Waals surface area contributed by atoms with E-state index in [1.807, 2.05) is 12.3 Å². The van der Waals surface area contributed by atoms with Crippen molar-refractivity contribution in [2.24, 2.45) is 0 Å². The molecule has 5 nitrogen and oxygen atoms in total. The maximum Gasteiger partial charge on any atom is 0.183 e. The molecule has 1 atom stereocenters. The standard InChI is InChI=1S/C12H13ClIN2O3P/c1-17-12(18-2)8-3-9(13)5-10(4-8)19-11-6-15-16(7-11)20-14/h3-7,12,20H,1-2H3. The average Bonchev–Trinajstić information content (AvgIpc) is 2.87. The highest BCUT2D eigenvalue weighted by Crippen LogP contribution is 2.31. The van der Waals surface area contributed by atoms with Crippen LogP contribution in [0, 0.1) is 0 Å². The van der Waals surface area contributed by atoms with E-state index in [0.717, 1.165) is 5.56 Å². The van der Waals surface area contributed by atoms with Gasteiger partial charge < -0.3 is 14.2 Å². The van der Waals surface area contributed by atoms with Gasteiger partial charge in [-0.15, -0.1) is 0 Å². The number of methoxy groups -OCH3 is 2. The van der Waals surface area contributed by atoms with E-state index >= 15 is 0 Å². The van der Waals surface area contributed by atoms with Crippen molar-refractivity contribution in [2.45, 2.75) is 6.29 Å². The molecule has 0 saturated carbocycles. The second-order valence-electron chi connectivity index (χ2n) is 3.83. The van der Waals surface area contributed by atoms with Crippen LogP contribution in [0.1, 0.15) is 11.9 Å². The zero-order chi connectivity index (χ0) is 14.5. The van der Waals surface area contributed by atoms with Gasteiger partial charge in [0.25, 0.3) is 0 Å². The number of halogens is 2. The van der Waals surface area contributed by atoms with Gasteiger partial charge >= 0.3 is 0 Å². The Hall–Kier alpha value is -0.400. The van der Waals surface area contributed by atoms with Crippen LogP contribution in [0.15, 0.2) is 30.6 Å². The van der Waals surface area contributed by atoms with E-state index in [2.05, 4.69) is 27.1 Å². The minimum absolute atomic E-state index is 0.477. The van der Waals surface area contributed by atoms with Crippen LogP contribution < -0.4 is 4.74 Å². The lowest BCUT2D eigenvalue weighted by Gasteiger charge is -2.15. The quantitative estimate of drug-likeness (QED) is 0.390. The van der Waals surface area contributed by atoms with Crippen LogP contribution in [0.4, 0.5) is 0 Å². The Bertz CT molecular complexity index is 578. The predicted octanol–water partition coefficient (Wildman–Crippen LogP) is 4.41. The van der Waals surface area contributed by atoms with Crippen molar-refractivity contribution < 1.29 is 14.2 Å². The molecule has 0 aliphatic rings. The lowest BCUT2D eigenvalue weighted by atomic mass is 10.2. The molecule has 20 heavy (non-hydrogen) atoms. The summed E-state index contributed by atoms with van der Waals surface area (Å²) in [6.45, 7) is 0. The molecule has 0 N–H and O–H groups in total. The van der Waals surface area contributed by atoms with Crippen molar-refractivity contribution in [3.8, 4) is 11.5 Å². The van der Waals surface area contributed by atoms with E-state index in [0.29, 0.717) is 22.9 Å². The summed E-state index contributed by atoms with van der Waals surface area (Å²) in [6.07, 6.45) is 3.55. The summed E-state index contributed by atoms with van der Waals surface area (Å²) >= 11 is 8.34. The topological polar surface area (TPSA) is 45.5 Å². The smallest absolute Gasteiger partial charge is 0.183 e. The first-order chi connectivity index (χ1) is 9.66. The molecule has 0 aliphatic carbocycles. The maximum absolute atomic E-state index is 6.09. The van der Waals surface area contributed by atoms with E-state index in [9.17, 15) is 0 Å². The van der Waals surface area contributed by atoms with Gasteiger partial charge in [0.1, 0.15) is 5.75 Å². The molecule has 0 radical (unpaired) electrons. The van der Waals surface area contributed by atoms with Gasteiger partial charge in [-0.1, -0.05) is 11.6 Å². The highest BCUT2D eigenvalue weighted by Gasteiger charge is 2.12. The lowest BCUT2D eigenvalue weighted by molar-refractivity contribution is -0.106.